The molecule has 0 aliphatic carbocycles. The second-order valence-electron chi connectivity index (χ2n) is 1.44. The van der Waals surface area contributed by atoms with Crippen molar-refractivity contribution in [1.29, 1.82) is 0 Å². The Morgan fingerprint density at radius 2 is 0.842 bits per heavy atom. The summed E-state index contributed by atoms with van der Waals surface area (Å²) in [4.78, 5) is 32.9. The molecular formula is C10H9MnO8-5. The maximum Gasteiger partial charge on any atom is 0 e. The van der Waals surface area contributed by atoms with Gasteiger partial charge in [0, 0.05) is 17.1 Å². The van der Waals surface area contributed by atoms with Crippen LogP contribution >= 0.6 is 0 Å². The predicted molar refractivity (Wildman–Crippen MR) is 58.6 cm³/mol. The van der Waals surface area contributed by atoms with Gasteiger partial charge >= 0.3 is 0 Å². The molecule has 0 saturated heterocycles. The number of hydrogen-bond donors (Lipinski definition) is 4. The van der Waals surface area contributed by atoms with Crippen LogP contribution in [0.25, 0.3) is 0 Å². The topological polar surface area (TPSA) is 149 Å². The van der Waals surface area contributed by atoms with E-state index in [2.05, 4.69) is 6.07 Å². The van der Waals surface area contributed by atoms with E-state index in [9.17, 15) is 0 Å². The molecule has 0 atom stereocenters. The van der Waals surface area contributed by atoms with Crippen LogP contribution < -0.4 is 0 Å². The Balaban J connectivity index is -0.0000000449. The number of aliphatic hydroxyl groups excluding tert-OH is 4. The monoisotopic (exact) mass is 312 g/mol. The molecule has 8 nitrogen and oxygen atoms in total. The largest absolute Gasteiger partial charge is 0.665 e. The molecule has 1 radical (unpaired) electrons. The van der Waals surface area contributed by atoms with Gasteiger partial charge in [0.25, 0.3) is 0 Å². The van der Waals surface area contributed by atoms with Crippen LogP contribution in [0.1, 0.15) is 0 Å². The maximum absolute atomic E-state index is 8.24. The van der Waals surface area contributed by atoms with Gasteiger partial charge in [0.1, 0.15) is 0 Å². The second-order valence-corrected chi connectivity index (χ2v) is 1.44. The van der Waals surface area contributed by atoms with Gasteiger partial charge in [-0.05, 0) is 0 Å². The number of rotatable bonds is 0. The zero-order valence-corrected chi connectivity index (χ0v) is 10.4. The molecule has 0 aliphatic rings. The molecule has 0 saturated carbocycles. The first-order valence-electron chi connectivity index (χ1n) is 3.62. The van der Waals surface area contributed by atoms with Crippen molar-refractivity contribution in [2.75, 3.05) is 0 Å². The minimum Gasteiger partial charge on any atom is -0.665 e. The summed E-state index contributed by atoms with van der Waals surface area (Å²) in [6, 6.07) is 12.5. The van der Waals surface area contributed by atoms with Gasteiger partial charge in [-0.15, -0.1) is 0 Å². The van der Waals surface area contributed by atoms with Crippen molar-refractivity contribution < 1.29 is 56.7 Å². The fourth-order valence-corrected chi connectivity index (χ4v) is 0.342. The molecule has 9 heteroatoms. The van der Waals surface area contributed by atoms with E-state index in [1.54, 1.807) is 0 Å². The Morgan fingerprint density at radius 1 is 0.632 bits per heavy atom. The molecule has 19 heavy (non-hydrogen) atoms. The minimum atomic E-state index is 0. The third-order valence-corrected chi connectivity index (χ3v) is 0.607. The fourth-order valence-electron chi connectivity index (χ4n) is 0.342. The molecule has 1 aromatic carbocycles. The van der Waals surface area contributed by atoms with Crippen LogP contribution in [0.15, 0.2) is 30.3 Å². The van der Waals surface area contributed by atoms with Crippen molar-refractivity contribution in [1.82, 2.24) is 0 Å². The molecule has 1 rings (SSSR count). The van der Waals surface area contributed by atoms with E-state index in [1.165, 1.54) is 0 Å². The molecule has 0 aromatic heterocycles. The quantitative estimate of drug-likeness (QED) is 0.384. The van der Waals surface area contributed by atoms with Crippen LogP contribution in [0.4, 0.5) is 0 Å². The smallest absolute Gasteiger partial charge is 0 e. The van der Waals surface area contributed by atoms with Gasteiger partial charge < -0.3 is 39.6 Å². The summed E-state index contributed by atoms with van der Waals surface area (Å²) in [7, 11) is 0. The molecule has 0 bridgehead atoms. The molecule has 0 heterocycles. The normalized spacial score (nSPS) is 5.05. The molecule has 4 N–H and O–H groups in total. The van der Waals surface area contributed by atoms with E-state index in [0.717, 1.165) is 0 Å². The van der Waals surface area contributed by atoms with Crippen LogP contribution in [-0.2, 0) is 36.2 Å². The zero-order valence-electron chi connectivity index (χ0n) is 9.19. The summed E-state index contributed by atoms with van der Waals surface area (Å²) < 4.78 is 0. The SMILES string of the molecule is O=[C-]O.O=[C-]O.O=[C-]O.O=[C-]O.[Mn].[c-]1ccccc1. The van der Waals surface area contributed by atoms with Crippen molar-refractivity contribution >= 4 is 25.9 Å². The number of benzene rings is 1. The summed E-state index contributed by atoms with van der Waals surface area (Å²) in [5.41, 5.74) is 0. The van der Waals surface area contributed by atoms with Crippen molar-refractivity contribution in [3.8, 4) is 0 Å². The molecule has 109 valence electrons. The average Bonchev–Trinajstić information content (AvgIpc) is 2.35. The van der Waals surface area contributed by atoms with Crippen molar-refractivity contribution in [3.05, 3.63) is 36.4 Å². The first kappa shape index (κ1) is 30.0. The van der Waals surface area contributed by atoms with E-state index in [1.807, 2.05) is 30.3 Å². The van der Waals surface area contributed by atoms with Crippen molar-refractivity contribution in [2.24, 2.45) is 0 Å². The first-order valence-corrected chi connectivity index (χ1v) is 3.62. The van der Waals surface area contributed by atoms with Crippen LogP contribution in [-0.4, -0.2) is 46.3 Å². The Morgan fingerprint density at radius 3 is 0.895 bits per heavy atom. The van der Waals surface area contributed by atoms with Gasteiger partial charge in [-0.1, -0.05) is 25.9 Å². The van der Waals surface area contributed by atoms with Crippen LogP contribution in [0, 0.1) is 6.07 Å². The van der Waals surface area contributed by atoms with Crippen LogP contribution in [0.3, 0.4) is 0 Å². The zero-order chi connectivity index (χ0) is 15.1. The fraction of sp³-hybridized carbons (Fsp3) is 0. The first-order chi connectivity index (χ1) is 8.66. The average molecular weight is 312 g/mol. The molecule has 1 aromatic rings. The van der Waals surface area contributed by atoms with E-state index in [0.29, 0.717) is 25.9 Å². The summed E-state index contributed by atoms with van der Waals surface area (Å²) >= 11 is 0. The van der Waals surface area contributed by atoms with Crippen LogP contribution in [0.2, 0.25) is 0 Å². The summed E-state index contributed by atoms with van der Waals surface area (Å²) in [5.74, 6) is 0. The molecule has 0 amide bonds. The van der Waals surface area contributed by atoms with Crippen molar-refractivity contribution in [3.63, 3.8) is 0 Å². The summed E-state index contributed by atoms with van der Waals surface area (Å²) in [6.07, 6.45) is 0. The predicted octanol–water partition coefficient (Wildman–Crippen LogP) is -0.0693. The van der Waals surface area contributed by atoms with E-state index in [-0.39, 0.29) is 17.1 Å². The molecule has 0 spiro atoms. The van der Waals surface area contributed by atoms with Gasteiger partial charge in [0.15, 0.2) is 0 Å². The summed E-state index contributed by atoms with van der Waals surface area (Å²) in [6.45, 7) is 2.00. The molecular weight excluding hydrogens is 303 g/mol. The molecule has 0 aliphatic heterocycles. The van der Waals surface area contributed by atoms with Crippen LogP contribution in [0.5, 0.6) is 0 Å². The Kier molecular flexibility index (Phi) is 90.9. The molecule has 0 unspecified atom stereocenters. The molecule has 0 fully saturated rings. The summed E-state index contributed by atoms with van der Waals surface area (Å²) in [5, 5.41) is 27.1. The standard InChI is InChI=1S/C6H5.4CHO2.Mn/c1-2-4-6-5-3-1;4*2-1-3;/h1-5H;4*(H,2,3);/q5*-1;. The third-order valence-electron chi connectivity index (χ3n) is 0.607. The van der Waals surface area contributed by atoms with Gasteiger partial charge in [0.2, 0.25) is 0 Å². The van der Waals surface area contributed by atoms with Gasteiger partial charge in [-0.25, -0.2) is 0 Å². The number of hydrogen-bond acceptors (Lipinski definition) is 4. The van der Waals surface area contributed by atoms with E-state index >= 15 is 0 Å². The third kappa shape index (κ3) is 221. The Labute approximate surface area is 119 Å². The maximum atomic E-state index is 8.24. The Hall–Kier alpha value is -2.38. The van der Waals surface area contributed by atoms with Crippen molar-refractivity contribution in [2.45, 2.75) is 0 Å². The van der Waals surface area contributed by atoms with E-state index in [4.69, 9.17) is 39.6 Å². The van der Waals surface area contributed by atoms with Gasteiger partial charge in [-0.2, -0.15) is 36.4 Å². The minimum absolute atomic E-state index is 0. The van der Waals surface area contributed by atoms with Gasteiger partial charge in [-0.3, -0.25) is 0 Å². The Bertz CT molecular complexity index is 204. The second kappa shape index (κ2) is 57.5. The van der Waals surface area contributed by atoms with E-state index < -0.39 is 0 Å². The van der Waals surface area contributed by atoms with Gasteiger partial charge in [0.05, 0.1) is 0 Å².